The second-order valence-corrected chi connectivity index (χ2v) is 14.0. The van der Waals surface area contributed by atoms with Crippen molar-refractivity contribution in [3.63, 3.8) is 0 Å². The number of thioether (sulfide) groups is 1. The van der Waals surface area contributed by atoms with Gasteiger partial charge in [-0.05, 0) is 66.5 Å². The Bertz CT molecular complexity index is 1970. The van der Waals surface area contributed by atoms with Gasteiger partial charge in [0.05, 0.1) is 31.8 Å². The van der Waals surface area contributed by atoms with Crippen molar-refractivity contribution in [2.45, 2.75) is 11.8 Å². The summed E-state index contributed by atoms with van der Waals surface area (Å²) in [5, 5.41) is 4.00. The predicted octanol–water partition coefficient (Wildman–Crippen LogP) is 4.49. The second-order valence-electron chi connectivity index (χ2n) is 9.63. The Morgan fingerprint density at radius 3 is 2.48 bits per heavy atom. The molecule has 1 fully saturated rings. The molecule has 0 aliphatic carbocycles. The van der Waals surface area contributed by atoms with Gasteiger partial charge in [-0.25, -0.2) is 13.1 Å². The van der Waals surface area contributed by atoms with Crippen LogP contribution in [0.1, 0.15) is 20.9 Å². The van der Waals surface area contributed by atoms with Crippen molar-refractivity contribution in [3.8, 4) is 5.69 Å². The summed E-state index contributed by atoms with van der Waals surface area (Å²) in [6, 6.07) is 16.1. The summed E-state index contributed by atoms with van der Waals surface area (Å²) < 4.78 is 31.2. The summed E-state index contributed by atoms with van der Waals surface area (Å²) in [5.74, 6) is -1.16. The molecule has 2 aromatic carbocycles. The zero-order valence-electron chi connectivity index (χ0n) is 23.7. The van der Waals surface area contributed by atoms with Crippen LogP contribution in [0, 0.1) is 6.92 Å². The third-order valence-corrected chi connectivity index (χ3v) is 10.8. The van der Waals surface area contributed by atoms with Crippen molar-refractivity contribution in [3.05, 3.63) is 102 Å². The highest BCUT2D eigenvalue weighted by Gasteiger charge is 2.35. The van der Waals surface area contributed by atoms with Gasteiger partial charge in [0.25, 0.3) is 32.6 Å². The van der Waals surface area contributed by atoms with Crippen molar-refractivity contribution in [1.82, 2.24) is 19.6 Å². The zero-order valence-corrected chi connectivity index (χ0v) is 26.9. The number of thiophene rings is 1. The number of hydrogen-bond acceptors (Lipinski definition) is 8. The van der Waals surface area contributed by atoms with E-state index in [1.807, 2.05) is 17.5 Å². The SMILES string of the molecule is Cc1c(N(C)S(=O)(=O)c2ccc(Cl)c(C(=O)NCCN3C(=O)S/C(=C\c4cccs4)C3=O)c2)c(=O)n(-c2ccccc2)n1C. The molecule has 0 unspecified atom stereocenters. The third kappa shape index (κ3) is 5.85. The molecule has 0 saturated carbocycles. The van der Waals surface area contributed by atoms with E-state index < -0.39 is 32.6 Å². The first-order valence-electron chi connectivity index (χ1n) is 13.1. The Morgan fingerprint density at radius 1 is 1.07 bits per heavy atom. The fourth-order valence-corrected chi connectivity index (χ4v) is 7.67. The van der Waals surface area contributed by atoms with Gasteiger partial charge < -0.3 is 5.32 Å². The monoisotopic (exact) mass is 671 g/mol. The van der Waals surface area contributed by atoms with E-state index in [4.69, 9.17) is 11.6 Å². The maximum absolute atomic E-state index is 13.7. The van der Waals surface area contributed by atoms with Gasteiger partial charge in [-0.3, -0.25) is 33.1 Å². The molecule has 4 aromatic rings. The molecule has 1 aliphatic heterocycles. The van der Waals surface area contributed by atoms with E-state index in [1.165, 1.54) is 35.2 Å². The number of sulfonamides is 1. The Morgan fingerprint density at radius 2 is 1.80 bits per heavy atom. The molecule has 3 amide bonds. The molecule has 1 aliphatic rings. The molecule has 228 valence electrons. The van der Waals surface area contributed by atoms with Gasteiger partial charge in [-0.15, -0.1) is 11.3 Å². The number of para-hydroxylation sites is 1. The number of nitrogens with one attached hydrogen (secondary N) is 1. The maximum Gasteiger partial charge on any atom is 0.296 e. The lowest BCUT2D eigenvalue weighted by atomic mass is 10.2. The lowest BCUT2D eigenvalue weighted by molar-refractivity contribution is -0.122. The number of carbonyl (C=O) groups excluding carboxylic acids is 3. The molecule has 3 heterocycles. The van der Waals surface area contributed by atoms with E-state index in [1.54, 1.807) is 55.1 Å². The van der Waals surface area contributed by atoms with Crippen molar-refractivity contribution < 1.29 is 22.8 Å². The lowest BCUT2D eigenvalue weighted by Gasteiger charge is -2.19. The number of amides is 3. The molecule has 0 bridgehead atoms. The van der Waals surface area contributed by atoms with Crippen LogP contribution in [-0.2, 0) is 21.9 Å². The molecule has 0 radical (unpaired) electrons. The van der Waals surface area contributed by atoms with E-state index in [9.17, 15) is 27.6 Å². The van der Waals surface area contributed by atoms with Crippen LogP contribution in [0.25, 0.3) is 11.8 Å². The first kappa shape index (κ1) is 31.3. The number of benzene rings is 2. The number of rotatable bonds is 9. The third-order valence-electron chi connectivity index (χ3n) is 6.99. The van der Waals surface area contributed by atoms with Crippen molar-refractivity contribution in [2.24, 2.45) is 7.05 Å². The molecule has 0 spiro atoms. The second kappa shape index (κ2) is 12.5. The van der Waals surface area contributed by atoms with Crippen LogP contribution in [0.3, 0.4) is 0 Å². The number of aromatic nitrogens is 2. The zero-order chi connectivity index (χ0) is 31.8. The molecule has 44 heavy (non-hydrogen) atoms. The fourth-order valence-electron chi connectivity index (χ4n) is 4.61. The summed E-state index contributed by atoms with van der Waals surface area (Å²) in [6.45, 7) is 1.47. The Labute approximate surface area is 266 Å². The first-order chi connectivity index (χ1) is 20.9. The molecule has 1 N–H and O–H groups in total. The van der Waals surface area contributed by atoms with E-state index in [-0.39, 0.29) is 39.2 Å². The minimum absolute atomic E-state index is 0.00326. The van der Waals surface area contributed by atoms with Crippen LogP contribution >= 0.6 is 34.7 Å². The predicted molar refractivity (Wildman–Crippen MR) is 172 cm³/mol. The minimum atomic E-state index is -4.31. The van der Waals surface area contributed by atoms with Gasteiger partial charge in [0, 0.05) is 32.1 Å². The van der Waals surface area contributed by atoms with Crippen LogP contribution in [0.4, 0.5) is 10.5 Å². The molecule has 1 saturated heterocycles. The highest BCUT2D eigenvalue weighted by Crippen LogP contribution is 2.33. The summed E-state index contributed by atoms with van der Waals surface area (Å²) in [6.07, 6.45) is 1.64. The summed E-state index contributed by atoms with van der Waals surface area (Å²) in [7, 11) is -1.39. The molecule has 15 heteroatoms. The summed E-state index contributed by atoms with van der Waals surface area (Å²) >= 11 is 8.52. The van der Waals surface area contributed by atoms with E-state index >= 15 is 0 Å². The minimum Gasteiger partial charge on any atom is -0.350 e. The quantitative estimate of drug-likeness (QED) is 0.260. The maximum atomic E-state index is 13.7. The van der Waals surface area contributed by atoms with E-state index in [2.05, 4.69) is 5.32 Å². The highest BCUT2D eigenvalue weighted by molar-refractivity contribution is 8.18. The van der Waals surface area contributed by atoms with Crippen LogP contribution in [-0.4, -0.2) is 59.9 Å². The van der Waals surface area contributed by atoms with Gasteiger partial charge in [-0.1, -0.05) is 35.9 Å². The average Bonchev–Trinajstić information content (AvgIpc) is 3.66. The van der Waals surface area contributed by atoms with E-state index in [0.29, 0.717) is 11.4 Å². The molecule has 0 atom stereocenters. The lowest BCUT2D eigenvalue weighted by Crippen LogP contribution is -2.37. The average molecular weight is 672 g/mol. The van der Waals surface area contributed by atoms with Crippen molar-refractivity contribution in [1.29, 1.82) is 0 Å². The molecule has 2 aromatic heterocycles. The van der Waals surface area contributed by atoms with Gasteiger partial charge >= 0.3 is 0 Å². The van der Waals surface area contributed by atoms with Gasteiger partial charge in [0.15, 0.2) is 0 Å². The van der Waals surface area contributed by atoms with Gasteiger partial charge in [-0.2, -0.15) is 0 Å². The number of anilines is 1. The molecule has 5 rings (SSSR count). The summed E-state index contributed by atoms with van der Waals surface area (Å²) in [4.78, 5) is 53.5. The van der Waals surface area contributed by atoms with Crippen LogP contribution in [0.15, 0.2) is 80.6 Å². The number of imide groups is 1. The van der Waals surface area contributed by atoms with Crippen LogP contribution in [0.2, 0.25) is 5.02 Å². The Balaban J connectivity index is 1.33. The molecular weight excluding hydrogens is 646 g/mol. The number of hydrogen-bond donors (Lipinski definition) is 1. The number of halogens is 1. The number of carbonyl (C=O) groups is 3. The van der Waals surface area contributed by atoms with Crippen molar-refractivity contribution in [2.75, 3.05) is 24.4 Å². The standard InChI is InChI=1S/C29H26ClN5O6S3/c1-18-25(28(38)35(32(18)2)19-8-5-4-6-9-19)33(3)44(40,41)21-11-12-23(30)22(17-21)26(36)31-13-14-34-27(37)24(43-29(34)39)16-20-10-7-15-42-20/h4-12,15-17H,13-14H2,1-3H3,(H,31,36)/b24-16-. The first-order valence-corrected chi connectivity index (χ1v) is 16.6. The Hall–Kier alpha value is -4.11. The summed E-state index contributed by atoms with van der Waals surface area (Å²) in [5.41, 5.74) is 0.263. The van der Waals surface area contributed by atoms with E-state index in [0.717, 1.165) is 31.9 Å². The fraction of sp³-hybridized carbons (Fsp3) is 0.172. The van der Waals surface area contributed by atoms with Gasteiger partial charge in [0.1, 0.15) is 5.69 Å². The van der Waals surface area contributed by atoms with Crippen LogP contribution in [0.5, 0.6) is 0 Å². The highest BCUT2D eigenvalue weighted by atomic mass is 35.5. The molecular formula is C29H26ClN5O6S3. The normalized spacial score (nSPS) is 14.5. The molecule has 11 nitrogen and oxygen atoms in total. The smallest absolute Gasteiger partial charge is 0.296 e. The largest absolute Gasteiger partial charge is 0.350 e. The number of nitrogens with zero attached hydrogens (tertiary/aromatic N) is 4. The Kier molecular flexibility index (Phi) is 8.88. The topological polar surface area (TPSA) is 131 Å². The van der Waals surface area contributed by atoms with Crippen molar-refractivity contribution >= 4 is 73.5 Å². The van der Waals surface area contributed by atoms with Gasteiger partial charge in [0.2, 0.25) is 0 Å². The van der Waals surface area contributed by atoms with Crippen LogP contribution < -0.4 is 15.2 Å².